The van der Waals surface area contributed by atoms with Gasteiger partial charge in [0, 0.05) is 24.7 Å². The average molecular weight is 346 g/mol. The lowest BCUT2D eigenvalue weighted by Crippen LogP contribution is -2.50. The van der Waals surface area contributed by atoms with E-state index in [1.807, 2.05) is 35.1 Å². The van der Waals surface area contributed by atoms with Gasteiger partial charge in [-0.05, 0) is 28.1 Å². The number of amides is 1. The third-order valence-electron chi connectivity index (χ3n) is 3.73. The van der Waals surface area contributed by atoms with Crippen molar-refractivity contribution in [1.29, 1.82) is 0 Å². The van der Waals surface area contributed by atoms with Gasteiger partial charge in [-0.25, -0.2) is 0 Å². The fourth-order valence-electron chi connectivity index (χ4n) is 2.55. The zero-order chi connectivity index (χ0) is 14.4. The Balaban J connectivity index is 1.49. The maximum Gasteiger partial charge on any atom is 0.289 e. The third kappa shape index (κ3) is 2.15. The van der Waals surface area contributed by atoms with Crippen LogP contribution in [0.25, 0.3) is 11.0 Å². The Morgan fingerprint density at radius 1 is 1.33 bits per heavy atom. The van der Waals surface area contributed by atoms with Crippen LogP contribution in [0.15, 0.2) is 51.6 Å². The lowest BCUT2D eigenvalue weighted by Gasteiger charge is -2.38. The molecule has 3 heterocycles. The van der Waals surface area contributed by atoms with E-state index in [0.29, 0.717) is 18.8 Å². The fourth-order valence-corrected chi connectivity index (χ4v) is 2.85. The fraction of sp³-hybridized carbons (Fsp3) is 0.200. The molecule has 1 aliphatic rings. The van der Waals surface area contributed by atoms with Gasteiger partial charge < -0.3 is 9.32 Å². The molecular weight excluding hydrogens is 334 g/mol. The third-order valence-corrected chi connectivity index (χ3v) is 4.14. The molecule has 0 N–H and O–H groups in total. The molecule has 0 atom stereocenters. The number of carbonyl (C=O) groups excluding carboxylic acids is 1. The van der Waals surface area contributed by atoms with Crippen molar-refractivity contribution in [3.8, 4) is 0 Å². The van der Waals surface area contributed by atoms with Crippen LogP contribution >= 0.6 is 15.9 Å². The molecular formula is C15H12BrN3O2. The number of aromatic nitrogens is 2. The van der Waals surface area contributed by atoms with Gasteiger partial charge in [0.1, 0.15) is 5.58 Å². The first kappa shape index (κ1) is 12.6. The molecule has 6 heteroatoms. The molecule has 1 aliphatic heterocycles. The van der Waals surface area contributed by atoms with Crippen LogP contribution in [0.5, 0.6) is 0 Å². The molecule has 1 amide bonds. The number of carbonyl (C=O) groups is 1. The summed E-state index contributed by atoms with van der Waals surface area (Å²) in [6.07, 6.45) is 3.68. The summed E-state index contributed by atoms with van der Waals surface area (Å²) in [6.45, 7) is 1.31. The molecule has 1 aromatic carbocycles. The predicted molar refractivity (Wildman–Crippen MR) is 81.1 cm³/mol. The molecule has 0 spiro atoms. The summed E-state index contributed by atoms with van der Waals surface area (Å²) in [5.74, 6) is 0.338. The first-order valence-electron chi connectivity index (χ1n) is 6.68. The molecule has 2 aromatic heterocycles. The number of rotatable bonds is 2. The Morgan fingerprint density at radius 3 is 2.86 bits per heavy atom. The van der Waals surface area contributed by atoms with Gasteiger partial charge in [0.15, 0.2) is 5.76 Å². The zero-order valence-corrected chi connectivity index (χ0v) is 12.7. The Bertz CT molecular complexity index is 784. The molecule has 0 saturated carbocycles. The number of likely N-dealkylation sites (tertiary alicyclic amines) is 1. The van der Waals surface area contributed by atoms with Crippen LogP contribution in [0.1, 0.15) is 16.6 Å². The number of hydrogen-bond acceptors (Lipinski definition) is 3. The van der Waals surface area contributed by atoms with Gasteiger partial charge in [-0.2, -0.15) is 5.10 Å². The summed E-state index contributed by atoms with van der Waals surface area (Å²) in [5, 5.41) is 5.20. The second-order valence-corrected chi connectivity index (χ2v) is 6.07. The van der Waals surface area contributed by atoms with Crippen LogP contribution in [0.3, 0.4) is 0 Å². The highest BCUT2D eigenvalue weighted by Gasteiger charge is 2.34. The minimum atomic E-state index is -0.0614. The number of benzene rings is 1. The van der Waals surface area contributed by atoms with Crippen molar-refractivity contribution in [1.82, 2.24) is 14.7 Å². The summed E-state index contributed by atoms with van der Waals surface area (Å²) in [4.78, 5) is 14.1. The van der Waals surface area contributed by atoms with Gasteiger partial charge in [-0.1, -0.05) is 18.2 Å². The summed E-state index contributed by atoms with van der Waals surface area (Å²) in [5.41, 5.74) is 0.744. The number of nitrogens with zero attached hydrogens (tertiary/aromatic N) is 3. The maximum atomic E-state index is 12.4. The van der Waals surface area contributed by atoms with Gasteiger partial charge in [-0.15, -0.1) is 0 Å². The number of para-hydroxylation sites is 1. The van der Waals surface area contributed by atoms with Crippen LogP contribution in [0.2, 0.25) is 0 Å². The van der Waals surface area contributed by atoms with E-state index >= 15 is 0 Å². The van der Waals surface area contributed by atoms with Gasteiger partial charge in [0.2, 0.25) is 0 Å². The minimum absolute atomic E-state index is 0.0614. The molecule has 1 fully saturated rings. The van der Waals surface area contributed by atoms with Crippen molar-refractivity contribution in [2.45, 2.75) is 6.04 Å². The molecule has 0 unspecified atom stereocenters. The van der Waals surface area contributed by atoms with E-state index in [0.717, 1.165) is 15.4 Å². The first-order valence-corrected chi connectivity index (χ1v) is 7.47. The van der Waals surface area contributed by atoms with Gasteiger partial charge >= 0.3 is 0 Å². The highest BCUT2D eigenvalue weighted by molar-refractivity contribution is 9.10. The van der Waals surface area contributed by atoms with Crippen molar-refractivity contribution < 1.29 is 9.21 Å². The van der Waals surface area contributed by atoms with E-state index < -0.39 is 0 Å². The Hall–Kier alpha value is -2.08. The molecule has 5 nitrogen and oxygen atoms in total. The summed E-state index contributed by atoms with van der Waals surface area (Å²) in [6, 6.07) is 9.68. The quantitative estimate of drug-likeness (QED) is 0.717. The van der Waals surface area contributed by atoms with Crippen molar-refractivity contribution >= 4 is 32.8 Å². The maximum absolute atomic E-state index is 12.4. The van der Waals surface area contributed by atoms with Gasteiger partial charge in [-0.3, -0.25) is 9.48 Å². The zero-order valence-electron chi connectivity index (χ0n) is 11.1. The predicted octanol–water partition coefficient (Wildman–Crippen LogP) is 3.09. The summed E-state index contributed by atoms with van der Waals surface area (Å²) < 4.78 is 8.44. The second-order valence-electron chi connectivity index (χ2n) is 5.15. The summed E-state index contributed by atoms with van der Waals surface area (Å²) in [7, 11) is 0. The molecule has 0 radical (unpaired) electrons. The minimum Gasteiger partial charge on any atom is -0.451 e. The molecule has 0 bridgehead atoms. The lowest BCUT2D eigenvalue weighted by molar-refractivity contribution is 0.0472. The van der Waals surface area contributed by atoms with E-state index in [-0.39, 0.29) is 11.9 Å². The monoisotopic (exact) mass is 345 g/mol. The Morgan fingerprint density at radius 2 is 2.14 bits per heavy atom. The Labute approximate surface area is 129 Å². The molecule has 106 valence electrons. The Kier molecular flexibility index (Phi) is 2.85. The van der Waals surface area contributed by atoms with Gasteiger partial charge in [0.05, 0.1) is 16.7 Å². The van der Waals surface area contributed by atoms with Crippen molar-refractivity contribution in [2.24, 2.45) is 0 Å². The van der Waals surface area contributed by atoms with Crippen molar-refractivity contribution in [3.63, 3.8) is 0 Å². The number of fused-ring (bicyclic) bond motifs is 1. The smallest absolute Gasteiger partial charge is 0.289 e. The lowest BCUT2D eigenvalue weighted by atomic mass is 10.1. The van der Waals surface area contributed by atoms with E-state index in [9.17, 15) is 4.79 Å². The van der Waals surface area contributed by atoms with Crippen LogP contribution < -0.4 is 0 Å². The average Bonchev–Trinajstić information content (AvgIpc) is 3.03. The number of hydrogen-bond donors (Lipinski definition) is 0. The summed E-state index contributed by atoms with van der Waals surface area (Å²) >= 11 is 3.38. The van der Waals surface area contributed by atoms with E-state index in [2.05, 4.69) is 21.0 Å². The van der Waals surface area contributed by atoms with E-state index in [1.54, 1.807) is 17.2 Å². The second kappa shape index (κ2) is 4.73. The molecule has 1 saturated heterocycles. The topological polar surface area (TPSA) is 51.3 Å². The van der Waals surface area contributed by atoms with E-state index in [1.165, 1.54) is 0 Å². The van der Waals surface area contributed by atoms with Crippen LogP contribution in [-0.4, -0.2) is 33.7 Å². The van der Waals surface area contributed by atoms with E-state index in [4.69, 9.17) is 4.42 Å². The van der Waals surface area contributed by atoms with Gasteiger partial charge in [0.25, 0.3) is 5.91 Å². The van der Waals surface area contributed by atoms with Crippen molar-refractivity contribution in [2.75, 3.05) is 13.1 Å². The largest absolute Gasteiger partial charge is 0.451 e. The first-order chi connectivity index (χ1) is 10.2. The molecule has 21 heavy (non-hydrogen) atoms. The number of halogens is 1. The normalized spacial score (nSPS) is 15.4. The highest BCUT2D eigenvalue weighted by atomic mass is 79.9. The SMILES string of the molecule is O=C(c1cc2ccccc2o1)N1CC(n2cc(Br)cn2)C1. The highest BCUT2D eigenvalue weighted by Crippen LogP contribution is 2.26. The number of furan rings is 1. The van der Waals surface area contributed by atoms with Crippen LogP contribution in [-0.2, 0) is 0 Å². The van der Waals surface area contributed by atoms with Crippen LogP contribution in [0.4, 0.5) is 0 Å². The van der Waals surface area contributed by atoms with Crippen molar-refractivity contribution in [3.05, 3.63) is 53.0 Å². The molecule has 0 aliphatic carbocycles. The standard InChI is InChI=1S/C15H12BrN3O2/c16-11-6-17-19(7-11)12-8-18(9-12)15(20)14-5-10-3-1-2-4-13(10)21-14/h1-7,12H,8-9H2. The molecule has 3 aromatic rings. The van der Waals surface area contributed by atoms with Crippen LogP contribution in [0, 0.1) is 0 Å². The molecule has 4 rings (SSSR count).